The Bertz CT molecular complexity index is 582. The monoisotopic (exact) mass is 440 g/mol. The van der Waals surface area contributed by atoms with Gasteiger partial charge in [-0.05, 0) is 24.7 Å². The van der Waals surface area contributed by atoms with E-state index in [1.807, 2.05) is 32.7 Å². The van der Waals surface area contributed by atoms with Gasteiger partial charge in [0.2, 0.25) is 11.8 Å². The molecule has 0 aliphatic carbocycles. The minimum atomic E-state index is -0.394. The zero-order chi connectivity index (χ0) is 23.7. The first-order valence-electron chi connectivity index (χ1n) is 11.7. The molecule has 1 heterocycles. The van der Waals surface area contributed by atoms with Gasteiger partial charge in [0.15, 0.2) is 0 Å². The molecule has 7 heteroatoms. The Balaban J connectivity index is 3.03. The van der Waals surface area contributed by atoms with E-state index < -0.39 is 6.10 Å². The lowest BCUT2D eigenvalue weighted by atomic mass is 9.90. The fraction of sp³-hybridized carbons (Fsp3) is 0.875. The normalized spacial score (nSPS) is 21.5. The topological polar surface area (TPSA) is 76.2 Å². The predicted octanol–water partition coefficient (Wildman–Crippen LogP) is 3.15. The fourth-order valence-electron chi connectivity index (χ4n) is 4.77. The van der Waals surface area contributed by atoms with Crippen LogP contribution in [0.3, 0.4) is 0 Å². The number of amides is 2. The fourth-order valence-corrected chi connectivity index (χ4v) is 4.77. The van der Waals surface area contributed by atoms with E-state index in [1.165, 1.54) is 0 Å². The summed E-state index contributed by atoms with van der Waals surface area (Å²) < 4.78 is 11.4. The molecule has 0 saturated carbocycles. The van der Waals surface area contributed by atoms with Crippen LogP contribution in [0.1, 0.15) is 66.7 Å². The Labute approximate surface area is 188 Å². The van der Waals surface area contributed by atoms with Crippen molar-refractivity contribution >= 4 is 18.1 Å². The second kappa shape index (κ2) is 13.2. The minimum absolute atomic E-state index is 0.00693. The van der Waals surface area contributed by atoms with Crippen molar-refractivity contribution in [2.75, 3.05) is 27.8 Å². The number of rotatable bonds is 13. The molecule has 1 fully saturated rings. The van der Waals surface area contributed by atoms with E-state index in [1.54, 1.807) is 19.1 Å². The van der Waals surface area contributed by atoms with Crippen LogP contribution in [0, 0.1) is 17.8 Å². The van der Waals surface area contributed by atoms with E-state index in [2.05, 4.69) is 13.8 Å². The summed E-state index contributed by atoms with van der Waals surface area (Å²) in [6, 6.07) is -0.295. The molecule has 31 heavy (non-hydrogen) atoms. The summed E-state index contributed by atoms with van der Waals surface area (Å²) in [5.74, 6) is 0.247. The maximum atomic E-state index is 13.3. The number of aldehydes is 1. The van der Waals surface area contributed by atoms with Gasteiger partial charge in [0.25, 0.3) is 0 Å². The van der Waals surface area contributed by atoms with Crippen LogP contribution in [0.15, 0.2) is 0 Å². The van der Waals surface area contributed by atoms with Gasteiger partial charge in [-0.3, -0.25) is 9.59 Å². The molecule has 2 amide bonds. The third-order valence-electron chi connectivity index (χ3n) is 6.71. The predicted molar refractivity (Wildman–Crippen MR) is 122 cm³/mol. The van der Waals surface area contributed by atoms with E-state index in [9.17, 15) is 14.4 Å². The van der Waals surface area contributed by atoms with Gasteiger partial charge >= 0.3 is 0 Å². The van der Waals surface area contributed by atoms with Gasteiger partial charge in [-0.15, -0.1) is 0 Å². The van der Waals surface area contributed by atoms with Crippen molar-refractivity contribution in [1.82, 2.24) is 9.80 Å². The highest BCUT2D eigenvalue weighted by molar-refractivity contribution is 5.79. The largest absolute Gasteiger partial charge is 0.379 e. The first-order valence-corrected chi connectivity index (χ1v) is 11.7. The number of hydrogen-bond acceptors (Lipinski definition) is 5. The van der Waals surface area contributed by atoms with Gasteiger partial charge < -0.3 is 24.1 Å². The van der Waals surface area contributed by atoms with Crippen molar-refractivity contribution < 1.29 is 23.9 Å². The van der Waals surface area contributed by atoms with Gasteiger partial charge in [0, 0.05) is 40.2 Å². The number of carbonyl (C=O) groups excluding carboxylic acids is 3. The highest BCUT2D eigenvalue weighted by Gasteiger charge is 2.40. The highest BCUT2D eigenvalue weighted by Crippen LogP contribution is 2.28. The molecule has 0 N–H and O–H groups in total. The molecule has 1 aliphatic rings. The second-order valence-corrected chi connectivity index (χ2v) is 9.45. The van der Waals surface area contributed by atoms with E-state index in [0.29, 0.717) is 13.0 Å². The molecule has 6 unspecified atom stereocenters. The Hall–Kier alpha value is -1.47. The molecule has 0 bridgehead atoms. The van der Waals surface area contributed by atoms with Gasteiger partial charge in [-0.1, -0.05) is 41.0 Å². The smallest absolute Gasteiger partial charge is 0.225 e. The lowest BCUT2D eigenvalue weighted by Gasteiger charge is -2.39. The van der Waals surface area contributed by atoms with Crippen LogP contribution in [0.25, 0.3) is 0 Å². The maximum absolute atomic E-state index is 13.3. The average Bonchev–Trinajstić information content (AvgIpc) is 3.22. The molecule has 7 nitrogen and oxygen atoms in total. The Morgan fingerprint density at radius 2 is 1.77 bits per heavy atom. The summed E-state index contributed by atoms with van der Waals surface area (Å²) in [7, 11) is 5.03. The van der Waals surface area contributed by atoms with Crippen molar-refractivity contribution in [2.45, 2.75) is 91.0 Å². The van der Waals surface area contributed by atoms with E-state index in [-0.39, 0.29) is 54.2 Å². The molecular weight excluding hydrogens is 396 g/mol. The summed E-state index contributed by atoms with van der Waals surface area (Å²) in [5, 5.41) is 0. The summed E-state index contributed by atoms with van der Waals surface area (Å²) in [4.78, 5) is 41.1. The molecule has 6 atom stereocenters. The van der Waals surface area contributed by atoms with Crippen molar-refractivity contribution in [1.29, 1.82) is 0 Å². The number of likely N-dealkylation sites (N-methyl/N-ethyl adjacent to an activating group) is 1. The second-order valence-electron chi connectivity index (χ2n) is 9.45. The zero-order valence-electron chi connectivity index (χ0n) is 20.8. The zero-order valence-corrected chi connectivity index (χ0v) is 20.8. The molecule has 1 aliphatic heterocycles. The number of nitrogens with zero attached hydrogens (tertiary/aromatic N) is 2. The summed E-state index contributed by atoms with van der Waals surface area (Å²) in [6.45, 7) is 10.7. The first-order chi connectivity index (χ1) is 14.6. The number of methoxy groups -OCH3 is 2. The van der Waals surface area contributed by atoms with Crippen molar-refractivity contribution in [3.05, 3.63) is 0 Å². The third kappa shape index (κ3) is 7.28. The number of likely N-dealkylation sites (tertiary alicyclic amines) is 1. The van der Waals surface area contributed by atoms with Gasteiger partial charge in [0.05, 0.1) is 30.7 Å². The maximum Gasteiger partial charge on any atom is 0.225 e. The Kier molecular flexibility index (Phi) is 11.7. The number of ether oxygens (including phenoxy) is 2. The quantitative estimate of drug-likeness (QED) is 0.411. The van der Waals surface area contributed by atoms with Crippen molar-refractivity contribution in [3.63, 3.8) is 0 Å². The highest BCUT2D eigenvalue weighted by atomic mass is 16.5. The van der Waals surface area contributed by atoms with Crippen LogP contribution in [0.2, 0.25) is 0 Å². The average molecular weight is 441 g/mol. The molecule has 1 rings (SSSR count). The van der Waals surface area contributed by atoms with Crippen LogP contribution in [-0.4, -0.2) is 80.0 Å². The van der Waals surface area contributed by atoms with Crippen LogP contribution in [0.4, 0.5) is 0 Å². The van der Waals surface area contributed by atoms with Crippen LogP contribution in [-0.2, 0) is 23.9 Å². The van der Waals surface area contributed by atoms with E-state index in [0.717, 1.165) is 25.5 Å². The first kappa shape index (κ1) is 27.6. The minimum Gasteiger partial charge on any atom is -0.379 e. The SMILES string of the molecule is CCC(C)C(C(CC(=O)N1CCCC1C(OC)C(C)C=O)OC)N(C)C(=O)CC(C)C. The summed E-state index contributed by atoms with van der Waals surface area (Å²) in [5.41, 5.74) is 0. The Morgan fingerprint density at radius 3 is 2.26 bits per heavy atom. The van der Waals surface area contributed by atoms with Crippen LogP contribution >= 0.6 is 0 Å². The molecule has 0 radical (unpaired) electrons. The molecular formula is C24H44N2O5. The van der Waals surface area contributed by atoms with E-state index in [4.69, 9.17) is 9.47 Å². The van der Waals surface area contributed by atoms with Gasteiger partial charge in [-0.2, -0.15) is 0 Å². The molecule has 0 aromatic carbocycles. The van der Waals surface area contributed by atoms with Gasteiger partial charge in [-0.25, -0.2) is 0 Å². The molecule has 0 aromatic heterocycles. The molecule has 0 aromatic rings. The summed E-state index contributed by atoms with van der Waals surface area (Å²) >= 11 is 0. The van der Waals surface area contributed by atoms with Crippen molar-refractivity contribution in [2.24, 2.45) is 17.8 Å². The van der Waals surface area contributed by atoms with Gasteiger partial charge in [0.1, 0.15) is 6.29 Å². The lowest BCUT2D eigenvalue weighted by molar-refractivity contribution is -0.145. The number of hydrogen-bond donors (Lipinski definition) is 0. The van der Waals surface area contributed by atoms with Crippen LogP contribution < -0.4 is 0 Å². The molecule has 0 spiro atoms. The molecule has 1 saturated heterocycles. The number of carbonyl (C=O) groups is 3. The molecule has 180 valence electrons. The van der Waals surface area contributed by atoms with Crippen LogP contribution in [0.5, 0.6) is 0 Å². The standard InChI is InChI=1S/C24H44N2O5/c1-9-17(4)23(25(6)21(28)13-16(2)3)20(30-7)14-22(29)26-12-10-11-19(26)24(31-8)18(5)15-27/h15-20,23-24H,9-14H2,1-8H3. The third-order valence-corrected chi connectivity index (χ3v) is 6.71. The van der Waals surface area contributed by atoms with E-state index >= 15 is 0 Å². The van der Waals surface area contributed by atoms with Crippen molar-refractivity contribution in [3.8, 4) is 0 Å². The lowest BCUT2D eigenvalue weighted by Crippen LogP contribution is -2.52. The Morgan fingerprint density at radius 1 is 1.13 bits per heavy atom. The summed E-state index contributed by atoms with van der Waals surface area (Å²) in [6.07, 6.45) is 3.45.